The van der Waals surface area contributed by atoms with Crippen LogP contribution in [0, 0.1) is 6.92 Å². The van der Waals surface area contributed by atoms with Gasteiger partial charge in [-0.3, -0.25) is 0 Å². The molecule has 1 heterocycles. The second-order valence-corrected chi connectivity index (χ2v) is 8.98. The predicted octanol–water partition coefficient (Wildman–Crippen LogP) is 6.61. The highest BCUT2D eigenvalue weighted by molar-refractivity contribution is 5.87. The monoisotopic (exact) mass is 642 g/mol. The van der Waals surface area contributed by atoms with E-state index in [-0.39, 0.29) is 11.1 Å². The zero-order valence-corrected chi connectivity index (χ0v) is 22.9. The Morgan fingerprint density at radius 2 is 1.41 bits per heavy atom. The van der Waals surface area contributed by atoms with Gasteiger partial charge in [0.1, 0.15) is 17.1 Å². The van der Waals surface area contributed by atoms with Crippen LogP contribution in [0.3, 0.4) is 0 Å². The van der Waals surface area contributed by atoms with Crippen molar-refractivity contribution in [2.24, 2.45) is 0 Å². The lowest BCUT2D eigenvalue weighted by Crippen LogP contribution is -2.46. The van der Waals surface area contributed by atoms with Crippen molar-refractivity contribution in [3.05, 3.63) is 70.6 Å². The Morgan fingerprint density at radius 1 is 0.818 bits per heavy atom. The minimum atomic E-state index is -5.92. The van der Waals surface area contributed by atoms with Crippen molar-refractivity contribution in [3.8, 4) is 22.6 Å². The fourth-order valence-electron chi connectivity index (χ4n) is 3.46. The topological polar surface area (TPSA) is 103 Å². The van der Waals surface area contributed by atoms with Crippen LogP contribution < -0.4 is 15.1 Å². The summed E-state index contributed by atoms with van der Waals surface area (Å²) in [5.41, 5.74) is 0.00652. The first-order valence-corrected chi connectivity index (χ1v) is 12.0. The Morgan fingerprint density at radius 3 is 1.98 bits per heavy atom. The van der Waals surface area contributed by atoms with Crippen LogP contribution >= 0.6 is 0 Å². The van der Waals surface area contributed by atoms with Gasteiger partial charge in [-0.05, 0) is 55.3 Å². The van der Waals surface area contributed by atoms with Gasteiger partial charge in [0.05, 0.1) is 12.7 Å². The largest absolute Gasteiger partial charge is 0.497 e. The Labute approximate surface area is 242 Å². The van der Waals surface area contributed by atoms with Crippen molar-refractivity contribution in [2.75, 3.05) is 20.3 Å². The molecule has 0 atom stereocenters. The van der Waals surface area contributed by atoms with Gasteiger partial charge in [0.15, 0.2) is 13.2 Å². The lowest BCUT2D eigenvalue weighted by molar-refractivity contribution is -0.574. The Kier molecular flexibility index (Phi) is 9.96. The van der Waals surface area contributed by atoms with E-state index in [2.05, 4.69) is 30.3 Å². The molecular formula is C27H22F8O9. The minimum absolute atomic E-state index is 0.146. The zero-order chi connectivity index (χ0) is 33.1. The van der Waals surface area contributed by atoms with E-state index >= 15 is 0 Å². The number of benzene rings is 2. The molecule has 0 saturated carbocycles. The zero-order valence-electron chi connectivity index (χ0n) is 22.9. The summed E-state index contributed by atoms with van der Waals surface area (Å²) in [5, 5.41) is 0.318. The molecular weight excluding hydrogens is 620 g/mol. The standard InChI is InChI=1S/C27H22F8O9/c1-14(2)22(36)40-13-25(30,31)43-27(34,35)44-26(32,33)42-24(28,29)12-39-18-6-5-16-10-20(23(37)41-21(16)11-18)19-8-7-17(38-4)9-15(19)3/h5-11H,1,12-13H2,2-4H3. The number of methoxy groups -OCH3 is 1. The van der Waals surface area contributed by atoms with Crippen LogP contribution in [0.25, 0.3) is 22.1 Å². The maximum absolute atomic E-state index is 14.0. The van der Waals surface area contributed by atoms with E-state index in [1.165, 1.54) is 19.2 Å². The summed E-state index contributed by atoms with van der Waals surface area (Å²) in [6.45, 7) is 1.58. The van der Waals surface area contributed by atoms with E-state index in [0.29, 0.717) is 22.3 Å². The summed E-state index contributed by atoms with van der Waals surface area (Å²) in [6, 6.07) is 9.73. The van der Waals surface area contributed by atoms with E-state index in [4.69, 9.17) is 9.15 Å². The van der Waals surface area contributed by atoms with Gasteiger partial charge in [-0.1, -0.05) is 12.6 Å². The first-order chi connectivity index (χ1) is 20.2. The number of rotatable bonds is 14. The lowest BCUT2D eigenvalue weighted by atomic mass is 10.0. The quantitative estimate of drug-likeness (QED) is 0.0632. The third-order valence-electron chi connectivity index (χ3n) is 5.33. The van der Waals surface area contributed by atoms with Crippen LogP contribution in [0.15, 0.2) is 63.8 Å². The molecule has 0 amide bonds. The van der Waals surface area contributed by atoms with Crippen LogP contribution in [0.1, 0.15) is 12.5 Å². The van der Waals surface area contributed by atoms with Crippen LogP contribution in [-0.4, -0.2) is 51.1 Å². The smallest absolute Gasteiger partial charge is 0.496 e. The maximum atomic E-state index is 14.0. The summed E-state index contributed by atoms with van der Waals surface area (Å²) in [6.07, 6.45) is -22.0. The molecule has 0 N–H and O–H groups in total. The van der Waals surface area contributed by atoms with Crippen molar-refractivity contribution in [3.63, 3.8) is 0 Å². The van der Waals surface area contributed by atoms with E-state index in [1.807, 2.05) is 0 Å². The second-order valence-electron chi connectivity index (χ2n) is 8.98. The minimum Gasteiger partial charge on any atom is -0.497 e. The number of hydrogen-bond donors (Lipinski definition) is 0. The van der Waals surface area contributed by atoms with Crippen molar-refractivity contribution >= 4 is 16.9 Å². The number of hydrogen-bond acceptors (Lipinski definition) is 9. The summed E-state index contributed by atoms with van der Waals surface area (Å²) >= 11 is 0. The van der Waals surface area contributed by atoms with Gasteiger partial charge >= 0.3 is 36.4 Å². The molecule has 44 heavy (non-hydrogen) atoms. The third-order valence-corrected chi connectivity index (χ3v) is 5.33. The van der Waals surface area contributed by atoms with Crippen molar-refractivity contribution in [1.29, 1.82) is 0 Å². The molecule has 3 rings (SSSR count). The fourth-order valence-corrected chi connectivity index (χ4v) is 3.46. The second kappa shape index (κ2) is 12.8. The molecule has 0 unspecified atom stereocenters. The molecule has 0 fully saturated rings. The number of carbonyl (C=O) groups excluding carboxylic acids is 1. The van der Waals surface area contributed by atoms with Gasteiger partial charge in [-0.2, -0.15) is 17.6 Å². The highest BCUT2D eigenvalue weighted by Gasteiger charge is 2.57. The molecule has 0 saturated heterocycles. The molecule has 3 aromatic rings. The van der Waals surface area contributed by atoms with Gasteiger partial charge in [0, 0.05) is 17.0 Å². The predicted molar refractivity (Wildman–Crippen MR) is 134 cm³/mol. The Bertz CT molecular complexity index is 1590. The fraction of sp³-hybridized carbons (Fsp3) is 0.333. The number of ether oxygens (including phenoxy) is 6. The van der Waals surface area contributed by atoms with E-state index in [1.54, 1.807) is 25.1 Å². The summed E-state index contributed by atoms with van der Waals surface area (Å²) in [5.74, 6) is -1.35. The van der Waals surface area contributed by atoms with Gasteiger partial charge in [-0.15, -0.1) is 17.6 Å². The third kappa shape index (κ3) is 9.39. The number of fused-ring (bicyclic) bond motifs is 1. The molecule has 17 heteroatoms. The first kappa shape index (κ1) is 34.3. The van der Waals surface area contributed by atoms with Crippen LogP contribution in [-0.2, 0) is 23.7 Å². The average Bonchev–Trinajstić information content (AvgIpc) is 2.88. The Hall–Kier alpha value is -4.22. The molecule has 2 aromatic carbocycles. The molecule has 9 nitrogen and oxygen atoms in total. The molecule has 0 bridgehead atoms. The molecule has 0 aliphatic heterocycles. The number of halogens is 8. The average molecular weight is 642 g/mol. The maximum Gasteiger partial charge on any atom is 0.496 e. The SMILES string of the molecule is C=C(C)C(=O)OCC(F)(F)OC(F)(F)OC(F)(F)OC(F)(F)COc1ccc2cc(-c3ccc(OC)cc3C)c(=O)oc2c1. The van der Waals surface area contributed by atoms with Gasteiger partial charge in [0.25, 0.3) is 0 Å². The molecule has 1 aromatic heterocycles. The first-order valence-electron chi connectivity index (χ1n) is 12.0. The molecule has 0 aliphatic rings. The summed E-state index contributed by atoms with van der Waals surface area (Å²) in [4.78, 5) is 23.7. The van der Waals surface area contributed by atoms with E-state index in [0.717, 1.165) is 19.1 Å². The van der Waals surface area contributed by atoms with Crippen LogP contribution in [0.2, 0.25) is 0 Å². The summed E-state index contributed by atoms with van der Waals surface area (Å²) < 4.78 is 137. The van der Waals surface area contributed by atoms with E-state index < -0.39 is 60.9 Å². The number of carbonyl (C=O) groups is 1. The molecule has 0 radical (unpaired) electrons. The molecule has 240 valence electrons. The normalized spacial score (nSPS) is 12.7. The highest BCUT2D eigenvalue weighted by Crippen LogP contribution is 2.37. The van der Waals surface area contributed by atoms with Crippen LogP contribution in [0.4, 0.5) is 35.1 Å². The number of esters is 1. The van der Waals surface area contributed by atoms with Crippen molar-refractivity contribution < 1.29 is 72.8 Å². The van der Waals surface area contributed by atoms with Crippen molar-refractivity contribution in [2.45, 2.75) is 38.7 Å². The van der Waals surface area contributed by atoms with E-state index in [9.17, 15) is 44.7 Å². The number of alkyl halides is 8. The molecule has 0 spiro atoms. The lowest BCUT2D eigenvalue weighted by Gasteiger charge is -2.27. The van der Waals surface area contributed by atoms with Crippen molar-refractivity contribution in [1.82, 2.24) is 0 Å². The number of aryl methyl sites for hydroxylation is 1. The van der Waals surface area contributed by atoms with Gasteiger partial charge in [-0.25, -0.2) is 23.8 Å². The summed E-state index contributed by atoms with van der Waals surface area (Å²) in [7, 11) is 1.47. The van der Waals surface area contributed by atoms with Crippen LogP contribution in [0.5, 0.6) is 11.5 Å². The Balaban J connectivity index is 1.65. The highest BCUT2D eigenvalue weighted by atomic mass is 19.3. The molecule has 0 aliphatic carbocycles. The van der Waals surface area contributed by atoms with Gasteiger partial charge in [0.2, 0.25) is 0 Å². The van der Waals surface area contributed by atoms with Gasteiger partial charge < -0.3 is 18.6 Å².